The lowest BCUT2D eigenvalue weighted by Gasteiger charge is -2.45. The molecular weight excluding hydrogens is 692 g/mol. The molecule has 4 aliphatic rings. The van der Waals surface area contributed by atoms with Crippen molar-refractivity contribution in [3.63, 3.8) is 0 Å². The van der Waals surface area contributed by atoms with Crippen molar-refractivity contribution in [2.45, 2.75) is 56.6 Å². The van der Waals surface area contributed by atoms with Crippen LogP contribution < -0.4 is 15.5 Å². The minimum Gasteiger partial charge on any atom is -0.375 e. The fraction of sp³-hybridized carbons (Fsp3) is 0.333. The molecule has 14 heteroatoms. The summed E-state index contributed by atoms with van der Waals surface area (Å²) < 4.78 is 62.4. The molecule has 4 atom stereocenters. The van der Waals surface area contributed by atoms with Crippen molar-refractivity contribution in [3.05, 3.63) is 125 Å². The maximum atomic E-state index is 14.5. The molecule has 3 aromatic carbocycles. The molecule has 4 aromatic rings. The number of aromatic nitrogens is 2. The van der Waals surface area contributed by atoms with E-state index in [-0.39, 0.29) is 36.7 Å². The zero-order valence-electron chi connectivity index (χ0n) is 28.9. The van der Waals surface area contributed by atoms with Gasteiger partial charge in [0.1, 0.15) is 17.7 Å². The van der Waals surface area contributed by atoms with E-state index < -0.39 is 41.3 Å². The van der Waals surface area contributed by atoms with Crippen molar-refractivity contribution >= 4 is 23.5 Å². The topological polar surface area (TPSA) is 109 Å². The zero-order valence-corrected chi connectivity index (χ0v) is 28.9. The molecule has 4 aliphatic heterocycles. The monoisotopic (exact) mass is 730 g/mol. The molecule has 3 saturated heterocycles. The van der Waals surface area contributed by atoms with E-state index in [9.17, 15) is 31.9 Å². The first-order valence-electron chi connectivity index (χ1n) is 17.5. The second kappa shape index (κ2) is 14.6. The smallest absolute Gasteiger partial charge is 0.375 e. The Labute approximate surface area is 303 Å². The summed E-state index contributed by atoms with van der Waals surface area (Å²) in [5, 5.41) is 10.6. The molecule has 3 amide bonds. The van der Waals surface area contributed by atoms with Gasteiger partial charge >= 0.3 is 6.18 Å². The lowest BCUT2D eigenvalue weighted by atomic mass is 9.80. The summed E-state index contributed by atoms with van der Waals surface area (Å²) in [6.45, 7) is 7.56. The quantitative estimate of drug-likeness (QED) is 0.168. The van der Waals surface area contributed by atoms with Gasteiger partial charge in [0.25, 0.3) is 11.8 Å². The molecule has 0 saturated carbocycles. The van der Waals surface area contributed by atoms with Gasteiger partial charge in [0.2, 0.25) is 5.91 Å². The highest BCUT2D eigenvalue weighted by Crippen LogP contribution is 2.44. The number of nitrogens with one attached hydrogen (secondary N) is 2. The van der Waals surface area contributed by atoms with Gasteiger partial charge in [0.05, 0.1) is 36.2 Å². The molecule has 2 N–H and O–H groups in total. The number of para-hydroxylation sites is 1. The summed E-state index contributed by atoms with van der Waals surface area (Å²) >= 11 is 0. The number of likely N-dealkylation sites (N-methyl/N-ethyl adjacent to an activating group) is 1. The maximum Gasteiger partial charge on any atom is 0.416 e. The number of hydrogen-bond acceptors (Lipinski definition) is 6. The third-order valence-electron chi connectivity index (χ3n) is 10.1. The van der Waals surface area contributed by atoms with Crippen LogP contribution in [-0.2, 0) is 27.0 Å². The Morgan fingerprint density at radius 1 is 1.02 bits per heavy atom. The van der Waals surface area contributed by atoms with Gasteiger partial charge in [-0.25, -0.2) is 9.07 Å². The van der Waals surface area contributed by atoms with Crippen LogP contribution in [0.4, 0.5) is 23.4 Å². The van der Waals surface area contributed by atoms with E-state index in [4.69, 9.17) is 9.84 Å². The Morgan fingerprint density at radius 3 is 2.42 bits per heavy atom. The fourth-order valence-corrected chi connectivity index (χ4v) is 7.48. The van der Waals surface area contributed by atoms with Crippen LogP contribution >= 0.6 is 0 Å². The molecule has 5 heterocycles. The average Bonchev–Trinajstić information content (AvgIpc) is 3.54. The molecule has 0 aliphatic carbocycles. The molecular formula is C39H38F4N6O4. The molecule has 53 heavy (non-hydrogen) atoms. The van der Waals surface area contributed by atoms with Crippen LogP contribution in [0.15, 0.2) is 91.0 Å². The van der Waals surface area contributed by atoms with Gasteiger partial charge in [0.15, 0.2) is 0 Å². The van der Waals surface area contributed by atoms with Crippen molar-refractivity contribution in [2.75, 3.05) is 31.1 Å². The van der Waals surface area contributed by atoms with Gasteiger partial charge in [-0.1, -0.05) is 43.0 Å². The molecule has 2 bridgehead atoms. The molecule has 8 rings (SSSR count). The number of amides is 3. The Morgan fingerprint density at radius 2 is 1.77 bits per heavy atom. The minimum atomic E-state index is -4.69. The maximum absolute atomic E-state index is 14.5. The van der Waals surface area contributed by atoms with Crippen LogP contribution in [0.25, 0.3) is 5.69 Å². The summed E-state index contributed by atoms with van der Waals surface area (Å²) in [7, 11) is 0. The van der Waals surface area contributed by atoms with Crippen LogP contribution in [0.1, 0.15) is 58.4 Å². The zero-order chi connectivity index (χ0) is 37.4. The van der Waals surface area contributed by atoms with Crippen molar-refractivity contribution in [1.82, 2.24) is 25.3 Å². The van der Waals surface area contributed by atoms with E-state index in [0.717, 1.165) is 37.6 Å². The third-order valence-corrected chi connectivity index (χ3v) is 10.1. The lowest BCUT2D eigenvalue weighted by molar-refractivity contribution is -0.137. The first-order chi connectivity index (χ1) is 25.4. The molecule has 2 unspecified atom stereocenters. The second-order valence-electron chi connectivity index (χ2n) is 13.5. The van der Waals surface area contributed by atoms with Crippen LogP contribution in [0.2, 0.25) is 0 Å². The number of anilines is 1. The number of fused-ring (bicyclic) bond motifs is 4. The van der Waals surface area contributed by atoms with E-state index in [1.165, 1.54) is 35.2 Å². The number of benzene rings is 3. The average molecular weight is 731 g/mol. The largest absolute Gasteiger partial charge is 0.416 e. The fourth-order valence-electron chi connectivity index (χ4n) is 7.48. The predicted molar refractivity (Wildman–Crippen MR) is 188 cm³/mol. The SMILES string of the molecule is C=C(CN1CC2CCC1CO2)C(=O)NCc1nn(-c2ccccc2)c2c1[C@H](c1ccc(F)cc1)[C@H](NC(=O)c1cccc(C(F)(F)F)c1)C(=O)N2CC. The highest BCUT2D eigenvalue weighted by atomic mass is 19.4. The minimum absolute atomic E-state index is 0.0904. The standard InChI is InChI=1S/C39H38F4N6O4/c1-3-48-37-33(32(24-12-14-27(40)15-13-24)34(38(48)52)45-36(51)25-8-7-9-26(18-25)39(41,42)43)31(46-49(37)28-10-5-4-6-11-28)19-44-35(50)23(2)20-47-21-30-17-16-29(47)22-53-30/h4-15,18,29-30,32,34H,2-3,16-17,19-22H2,1H3,(H,44,50)(H,45,51)/t29?,30?,32-,34-/m0/s1. The van der Waals surface area contributed by atoms with Crippen molar-refractivity contribution < 1.29 is 36.7 Å². The normalized spacial score (nSPS) is 21.3. The predicted octanol–water partition coefficient (Wildman–Crippen LogP) is 5.36. The number of piperidine rings is 1. The van der Waals surface area contributed by atoms with Gasteiger partial charge < -0.3 is 15.4 Å². The Kier molecular flexibility index (Phi) is 9.92. The summed E-state index contributed by atoms with van der Waals surface area (Å²) in [5.41, 5.74) is 0.959. The lowest BCUT2D eigenvalue weighted by Crippen LogP contribution is -2.55. The number of hydrogen-bond donors (Lipinski definition) is 2. The van der Waals surface area contributed by atoms with E-state index in [1.54, 1.807) is 23.7 Å². The summed E-state index contributed by atoms with van der Waals surface area (Å²) in [5.74, 6) is -2.96. The van der Waals surface area contributed by atoms with Crippen molar-refractivity contribution in [3.8, 4) is 5.69 Å². The molecule has 0 spiro atoms. The van der Waals surface area contributed by atoms with Crippen LogP contribution in [-0.4, -0.2) is 76.8 Å². The van der Waals surface area contributed by atoms with Crippen LogP contribution in [0.3, 0.4) is 0 Å². The second-order valence-corrected chi connectivity index (χ2v) is 13.5. The highest BCUT2D eigenvalue weighted by molar-refractivity contribution is 6.05. The van der Waals surface area contributed by atoms with Crippen LogP contribution in [0, 0.1) is 5.82 Å². The number of carbonyl (C=O) groups is 3. The van der Waals surface area contributed by atoms with Crippen LogP contribution in [0.5, 0.6) is 0 Å². The number of alkyl halides is 3. The molecule has 276 valence electrons. The first-order valence-corrected chi connectivity index (χ1v) is 17.5. The number of nitrogens with zero attached hydrogens (tertiary/aromatic N) is 4. The Hall–Kier alpha value is -5.34. The summed E-state index contributed by atoms with van der Waals surface area (Å²) in [6.07, 6.45) is -2.58. The van der Waals surface area contributed by atoms with Crippen molar-refractivity contribution in [2.24, 2.45) is 0 Å². The number of morpholine rings is 1. The van der Waals surface area contributed by atoms with Crippen molar-refractivity contribution in [1.29, 1.82) is 0 Å². The number of ether oxygens (including phenoxy) is 1. The van der Waals surface area contributed by atoms with E-state index in [2.05, 4.69) is 22.1 Å². The van der Waals surface area contributed by atoms with Gasteiger partial charge in [-0.15, -0.1) is 0 Å². The van der Waals surface area contributed by atoms with Gasteiger partial charge in [-0.3, -0.25) is 24.2 Å². The number of carbonyl (C=O) groups excluding carboxylic acids is 3. The number of halogens is 4. The summed E-state index contributed by atoms with van der Waals surface area (Å²) in [4.78, 5) is 45.3. The van der Waals surface area contributed by atoms with Gasteiger partial charge in [0, 0.05) is 48.3 Å². The molecule has 3 fully saturated rings. The highest BCUT2D eigenvalue weighted by Gasteiger charge is 2.46. The van der Waals surface area contributed by atoms with E-state index in [1.807, 2.05) is 18.2 Å². The first kappa shape index (κ1) is 36.0. The van der Waals surface area contributed by atoms with E-state index in [0.29, 0.717) is 47.1 Å². The molecule has 0 radical (unpaired) electrons. The molecule has 10 nitrogen and oxygen atoms in total. The van der Waals surface area contributed by atoms with Gasteiger partial charge in [-0.05, 0) is 67.8 Å². The Balaban J connectivity index is 1.28. The summed E-state index contributed by atoms with van der Waals surface area (Å²) in [6, 6.07) is 17.3. The third kappa shape index (κ3) is 7.20. The number of rotatable bonds is 10. The van der Waals surface area contributed by atoms with Gasteiger partial charge in [-0.2, -0.15) is 18.3 Å². The van der Waals surface area contributed by atoms with E-state index >= 15 is 0 Å². The Bertz CT molecular complexity index is 2030. The molecule has 1 aromatic heterocycles.